The summed E-state index contributed by atoms with van der Waals surface area (Å²) in [6.45, 7) is 1.13. The molecule has 33 heavy (non-hydrogen) atoms. The first-order chi connectivity index (χ1) is 15.7. The van der Waals surface area contributed by atoms with E-state index in [1.54, 1.807) is 18.3 Å². The molecule has 0 aliphatic carbocycles. The van der Waals surface area contributed by atoms with Gasteiger partial charge < -0.3 is 24.8 Å². The Morgan fingerprint density at radius 2 is 2.12 bits per heavy atom. The van der Waals surface area contributed by atoms with Crippen molar-refractivity contribution in [1.29, 1.82) is 0 Å². The Morgan fingerprint density at radius 3 is 2.76 bits per heavy atom. The third-order valence-electron chi connectivity index (χ3n) is 6.05. The van der Waals surface area contributed by atoms with Crippen molar-refractivity contribution in [3.63, 3.8) is 0 Å². The first kappa shape index (κ1) is 21.8. The number of nitrogens with one attached hydrogen (secondary N) is 2. The molecule has 2 atom stereocenters. The fourth-order valence-corrected chi connectivity index (χ4v) is 4.64. The van der Waals surface area contributed by atoms with Crippen LogP contribution >= 0.6 is 11.6 Å². The Labute approximate surface area is 191 Å². The van der Waals surface area contributed by atoms with Crippen LogP contribution in [-0.2, 0) is 18.0 Å². The minimum atomic E-state index is -4.58. The van der Waals surface area contributed by atoms with Crippen molar-refractivity contribution in [1.82, 2.24) is 19.4 Å². The number of morpholine rings is 1. The van der Waals surface area contributed by atoms with Crippen molar-refractivity contribution in [2.45, 2.75) is 24.7 Å². The second kappa shape index (κ2) is 7.77. The van der Waals surface area contributed by atoms with E-state index in [2.05, 4.69) is 20.6 Å². The van der Waals surface area contributed by atoms with E-state index >= 15 is 0 Å². The molecule has 0 spiro atoms. The Bertz CT molecular complexity index is 1260. The van der Waals surface area contributed by atoms with Crippen LogP contribution in [0.15, 0.2) is 24.5 Å². The van der Waals surface area contributed by atoms with Gasteiger partial charge in [-0.25, -0.2) is 4.98 Å². The van der Waals surface area contributed by atoms with Gasteiger partial charge >= 0.3 is 6.18 Å². The highest BCUT2D eigenvalue weighted by Crippen LogP contribution is 2.37. The largest absolute Gasteiger partial charge is 0.421 e. The number of anilines is 3. The van der Waals surface area contributed by atoms with Crippen LogP contribution in [0, 0.1) is 0 Å². The molecule has 1 amide bonds. The van der Waals surface area contributed by atoms with E-state index in [4.69, 9.17) is 16.3 Å². The van der Waals surface area contributed by atoms with Crippen LogP contribution in [0.1, 0.15) is 22.3 Å². The van der Waals surface area contributed by atoms with Crippen LogP contribution in [0.2, 0.25) is 5.02 Å². The Kier molecular flexibility index (Phi) is 5.13. The summed E-state index contributed by atoms with van der Waals surface area (Å²) < 4.78 is 46.7. The van der Waals surface area contributed by atoms with Crippen molar-refractivity contribution in [3.05, 3.63) is 40.7 Å². The number of carbonyl (C=O) groups is 1. The normalized spacial score (nSPS) is 20.0. The van der Waals surface area contributed by atoms with Crippen molar-refractivity contribution in [2.75, 3.05) is 30.8 Å². The highest BCUT2D eigenvalue weighted by molar-refractivity contribution is 6.34. The summed E-state index contributed by atoms with van der Waals surface area (Å²) >= 11 is 6.47. The topological polar surface area (TPSA) is 84.3 Å². The summed E-state index contributed by atoms with van der Waals surface area (Å²) in [6, 6.07) is 3.47. The third kappa shape index (κ3) is 3.74. The molecular formula is C21H20ClF3N6O2. The molecule has 2 aliphatic heterocycles. The summed E-state index contributed by atoms with van der Waals surface area (Å²) in [5.41, 5.74) is 0.701. The number of hydrogen-bond donors (Lipinski definition) is 2. The van der Waals surface area contributed by atoms with Crippen LogP contribution in [0.5, 0.6) is 0 Å². The van der Waals surface area contributed by atoms with E-state index in [1.807, 2.05) is 16.5 Å². The van der Waals surface area contributed by atoms with Crippen molar-refractivity contribution in [3.8, 4) is 0 Å². The zero-order valence-corrected chi connectivity index (χ0v) is 18.5. The van der Waals surface area contributed by atoms with E-state index in [0.29, 0.717) is 36.0 Å². The SMILES string of the molecule is CNc1nc(Nc2cc3c(cc2Cl)c(C(=O)N2C[C@@H]4C[C@H]2CO4)cn3C)ncc1C(F)(F)F. The molecule has 12 heteroatoms. The minimum Gasteiger partial charge on any atom is -0.374 e. The fraction of sp³-hybridized carbons (Fsp3) is 0.381. The molecule has 4 heterocycles. The third-order valence-corrected chi connectivity index (χ3v) is 6.36. The zero-order chi connectivity index (χ0) is 23.5. The lowest BCUT2D eigenvalue weighted by molar-refractivity contribution is -0.137. The Morgan fingerprint density at radius 1 is 1.33 bits per heavy atom. The number of amides is 1. The van der Waals surface area contributed by atoms with E-state index in [9.17, 15) is 18.0 Å². The average molecular weight is 481 g/mol. The first-order valence-corrected chi connectivity index (χ1v) is 10.6. The number of ether oxygens (including phenoxy) is 1. The Hall–Kier alpha value is -3.05. The maximum Gasteiger partial charge on any atom is 0.421 e. The van der Waals surface area contributed by atoms with Crippen molar-refractivity contribution in [2.24, 2.45) is 7.05 Å². The predicted molar refractivity (Wildman–Crippen MR) is 117 cm³/mol. The second-order valence-corrected chi connectivity index (χ2v) is 8.54. The van der Waals surface area contributed by atoms with Crippen LogP contribution < -0.4 is 10.6 Å². The summed E-state index contributed by atoms with van der Waals surface area (Å²) in [5, 5.41) is 6.28. The fourth-order valence-electron chi connectivity index (χ4n) is 4.43. The molecular weight excluding hydrogens is 461 g/mol. The summed E-state index contributed by atoms with van der Waals surface area (Å²) in [4.78, 5) is 22.8. The number of alkyl halides is 3. The number of hydrogen-bond acceptors (Lipinski definition) is 6. The van der Waals surface area contributed by atoms with Gasteiger partial charge in [0.15, 0.2) is 0 Å². The van der Waals surface area contributed by atoms with Crippen LogP contribution in [0.4, 0.5) is 30.6 Å². The highest BCUT2D eigenvalue weighted by atomic mass is 35.5. The van der Waals surface area contributed by atoms with Gasteiger partial charge in [-0.15, -0.1) is 0 Å². The maximum atomic E-state index is 13.2. The van der Waals surface area contributed by atoms with Crippen molar-refractivity contribution < 1.29 is 22.7 Å². The number of likely N-dealkylation sites (tertiary alicyclic amines) is 1. The molecule has 2 saturated heterocycles. The van der Waals surface area contributed by atoms with Gasteiger partial charge in [-0.1, -0.05) is 11.6 Å². The van der Waals surface area contributed by atoms with E-state index in [0.717, 1.165) is 11.9 Å². The first-order valence-electron chi connectivity index (χ1n) is 10.3. The molecule has 3 aromatic rings. The standard InChI is InChI=1S/C21H20ClF3N6O2/c1-26-18-14(21(23,24)25)6-27-20(29-18)28-16-5-17-12(4-15(16)22)13(8-30(17)2)19(32)31-7-11-3-10(31)9-33-11/h4-6,8,10-11H,3,7,9H2,1-2H3,(H2,26,27,28,29)/t10-,11-/m0/s1. The second-order valence-electron chi connectivity index (χ2n) is 8.13. The van der Waals surface area contributed by atoms with E-state index < -0.39 is 11.7 Å². The van der Waals surface area contributed by atoms with Crippen LogP contribution in [0.25, 0.3) is 10.9 Å². The molecule has 0 saturated carbocycles. The number of benzene rings is 1. The molecule has 8 nitrogen and oxygen atoms in total. The number of nitrogens with zero attached hydrogens (tertiary/aromatic N) is 4. The predicted octanol–water partition coefficient (Wildman–Crippen LogP) is 4.04. The quantitative estimate of drug-likeness (QED) is 0.586. The summed E-state index contributed by atoms with van der Waals surface area (Å²) in [5.74, 6) is -0.474. The van der Waals surface area contributed by atoms with Gasteiger partial charge in [0.25, 0.3) is 5.91 Å². The van der Waals surface area contributed by atoms with Crippen LogP contribution in [-0.4, -0.2) is 57.7 Å². The summed E-state index contributed by atoms with van der Waals surface area (Å²) in [6.07, 6.45) is -1.17. The average Bonchev–Trinajstić information content (AvgIpc) is 3.48. The van der Waals surface area contributed by atoms with Gasteiger partial charge in [-0.2, -0.15) is 18.2 Å². The molecule has 2 fully saturated rings. The molecule has 2 N–H and O–H groups in total. The summed E-state index contributed by atoms with van der Waals surface area (Å²) in [7, 11) is 3.16. The van der Waals surface area contributed by atoms with Gasteiger partial charge in [0, 0.05) is 38.4 Å². The number of halogens is 4. The number of carbonyl (C=O) groups excluding carboxylic acids is 1. The number of aromatic nitrogens is 3. The number of rotatable bonds is 4. The molecule has 2 aliphatic rings. The number of aryl methyl sites for hydroxylation is 1. The smallest absolute Gasteiger partial charge is 0.374 e. The molecule has 1 aromatic carbocycles. The Balaban J connectivity index is 1.47. The molecule has 2 aromatic heterocycles. The van der Waals surface area contributed by atoms with E-state index in [-0.39, 0.29) is 34.8 Å². The monoisotopic (exact) mass is 480 g/mol. The molecule has 174 valence electrons. The maximum absolute atomic E-state index is 13.2. The van der Waals surface area contributed by atoms with E-state index in [1.165, 1.54) is 7.05 Å². The molecule has 2 bridgehead atoms. The van der Waals surface area contributed by atoms with Gasteiger partial charge in [0.2, 0.25) is 5.95 Å². The van der Waals surface area contributed by atoms with Gasteiger partial charge in [-0.05, 0) is 18.6 Å². The lowest BCUT2D eigenvalue weighted by Crippen LogP contribution is -2.41. The number of fused-ring (bicyclic) bond motifs is 3. The molecule has 0 radical (unpaired) electrons. The van der Waals surface area contributed by atoms with Gasteiger partial charge in [0.05, 0.1) is 40.5 Å². The zero-order valence-electron chi connectivity index (χ0n) is 17.7. The van der Waals surface area contributed by atoms with Gasteiger partial charge in [0.1, 0.15) is 11.4 Å². The minimum absolute atomic E-state index is 0.0489. The van der Waals surface area contributed by atoms with Gasteiger partial charge in [-0.3, -0.25) is 4.79 Å². The molecule has 0 unspecified atom stereocenters. The highest BCUT2D eigenvalue weighted by Gasteiger charge is 2.42. The molecule has 5 rings (SSSR count). The lowest BCUT2D eigenvalue weighted by atomic mass is 10.1. The van der Waals surface area contributed by atoms with Crippen LogP contribution in [0.3, 0.4) is 0 Å². The lowest BCUT2D eigenvalue weighted by Gasteiger charge is -2.26. The van der Waals surface area contributed by atoms with Crippen molar-refractivity contribution >= 4 is 45.9 Å².